The summed E-state index contributed by atoms with van der Waals surface area (Å²) >= 11 is 0. The van der Waals surface area contributed by atoms with E-state index >= 15 is 0 Å². The molecule has 0 aliphatic carbocycles. The summed E-state index contributed by atoms with van der Waals surface area (Å²) in [7, 11) is 0. The number of aliphatic hydroxyl groups is 1. The van der Waals surface area contributed by atoms with E-state index in [-0.39, 0.29) is 30.3 Å². The number of benzene rings is 1. The predicted octanol–water partition coefficient (Wildman–Crippen LogP) is 1.02. The van der Waals surface area contributed by atoms with Gasteiger partial charge in [0.05, 0.1) is 24.0 Å². The number of anilines is 1. The van der Waals surface area contributed by atoms with E-state index in [1.54, 1.807) is 4.90 Å². The normalized spacial score (nSPS) is 21.8. The molecule has 1 aliphatic heterocycles. The Hall–Kier alpha value is -1.66. The van der Waals surface area contributed by atoms with Crippen LogP contribution in [0.4, 0.5) is 10.1 Å². The summed E-state index contributed by atoms with van der Waals surface area (Å²) in [5.41, 5.74) is 5.11. The third-order valence-electron chi connectivity index (χ3n) is 3.22. The third kappa shape index (κ3) is 3.08. The number of ether oxygens (including phenoxy) is 1. The van der Waals surface area contributed by atoms with Crippen LogP contribution in [-0.2, 0) is 4.74 Å². The number of carbonyl (C=O) groups is 1. The lowest BCUT2D eigenvalue weighted by Gasteiger charge is -2.42. The molecule has 5 nitrogen and oxygen atoms in total. The molecular formula is C14H19FN2O3. The van der Waals surface area contributed by atoms with Gasteiger partial charge in [-0.15, -0.1) is 0 Å². The van der Waals surface area contributed by atoms with E-state index in [1.165, 1.54) is 12.1 Å². The van der Waals surface area contributed by atoms with Gasteiger partial charge in [0.15, 0.2) is 0 Å². The third-order valence-corrected chi connectivity index (χ3v) is 3.22. The van der Waals surface area contributed by atoms with Crippen LogP contribution in [0.2, 0.25) is 0 Å². The minimum atomic E-state index is -0.609. The lowest BCUT2D eigenvalue weighted by molar-refractivity contribution is -0.139. The molecule has 0 aromatic heterocycles. The molecule has 1 aliphatic rings. The summed E-state index contributed by atoms with van der Waals surface area (Å²) in [6.45, 7) is 4.19. The summed E-state index contributed by atoms with van der Waals surface area (Å²) in [4.78, 5) is 14.0. The van der Waals surface area contributed by atoms with Crippen LogP contribution >= 0.6 is 0 Å². The van der Waals surface area contributed by atoms with Crippen LogP contribution in [0, 0.1) is 5.82 Å². The monoisotopic (exact) mass is 282 g/mol. The molecule has 0 spiro atoms. The van der Waals surface area contributed by atoms with Gasteiger partial charge < -0.3 is 20.5 Å². The molecule has 110 valence electrons. The fourth-order valence-electron chi connectivity index (χ4n) is 2.39. The van der Waals surface area contributed by atoms with Gasteiger partial charge in [-0.2, -0.15) is 0 Å². The van der Waals surface area contributed by atoms with Crippen molar-refractivity contribution in [1.29, 1.82) is 0 Å². The minimum Gasteiger partial charge on any atom is -0.396 e. The molecule has 0 bridgehead atoms. The van der Waals surface area contributed by atoms with Crippen LogP contribution in [-0.4, -0.2) is 47.3 Å². The highest BCUT2D eigenvalue weighted by Gasteiger charge is 2.35. The van der Waals surface area contributed by atoms with Crippen molar-refractivity contribution in [2.75, 3.05) is 25.4 Å². The molecule has 1 saturated heterocycles. The Morgan fingerprint density at radius 3 is 2.90 bits per heavy atom. The molecule has 1 heterocycles. The molecule has 1 unspecified atom stereocenters. The standard InChI is InChI=1S/C14H19FN2O3/c1-14(2)8-17(6-10(7-18)20-14)13(19)9-3-4-12(16)11(15)5-9/h3-5,10,18H,6-8,16H2,1-2H3. The molecular weight excluding hydrogens is 263 g/mol. The lowest BCUT2D eigenvalue weighted by Crippen LogP contribution is -2.55. The fraction of sp³-hybridized carbons (Fsp3) is 0.500. The maximum atomic E-state index is 13.4. The Balaban J connectivity index is 2.21. The van der Waals surface area contributed by atoms with E-state index in [2.05, 4.69) is 0 Å². The molecule has 3 N–H and O–H groups in total. The van der Waals surface area contributed by atoms with Crippen LogP contribution < -0.4 is 5.73 Å². The van der Waals surface area contributed by atoms with E-state index in [9.17, 15) is 14.3 Å². The number of nitrogen functional groups attached to an aromatic ring is 1. The number of amides is 1. The van der Waals surface area contributed by atoms with E-state index in [0.717, 1.165) is 6.07 Å². The second-order valence-corrected chi connectivity index (χ2v) is 5.60. The molecule has 2 rings (SSSR count). The van der Waals surface area contributed by atoms with E-state index in [4.69, 9.17) is 10.5 Å². The molecule has 0 radical (unpaired) electrons. The van der Waals surface area contributed by atoms with Crippen LogP contribution in [0.1, 0.15) is 24.2 Å². The minimum absolute atomic E-state index is 0.0112. The summed E-state index contributed by atoms with van der Waals surface area (Å²) in [5, 5.41) is 9.23. The predicted molar refractivity (Wildman–Crippen MR) is 72.8 cm³/mol. The van der Waals surface area contributed by atoms with Crippen molar-refractivity contribution in [3.8, 4) is 0 Å². The average Bonchev–Trinajstić information content (AvgIpc) is 2.39. The molecule has 6 heteroatoms. The Bertz CT molecular complexity index is 519. The number of nitrogens with two attached hydrogens (primary N) is 1. The second-order valence-electron chi connectivity index (χ2n) is 5.60. The summed E-state index contributed by atoms with van der Waals surface area (Å²) in [6, 6.07) is 4.00. The SMILES string of the molecule is CC1(C)CN(C(=O)c2ccc(N)c(F)c2)CC(CO)O1. The zero-order valence-corrected chi connectivity index (χ0v) is 11.6. The van der Waals surface area contributed by atoms with E-state index in [0.29, 0.717) is 6.54 Å². The largest absolute Gasteiger partial charge is 0.396 e. The summed E-state index contributed by atoms with van der Waals surface area (Å²) < 4.78 is 19.1. The van der Waals surface area contributed by atoms with Gasteiger partial charge in [0, 0.05) is 18.7 Å². The maximum absolute atomic E-state index is 13.4. The first-order valence-corrected chi connectivity index (χ1v) is 6.45. The van der Waals surface area contributed by atoms with Crippen molar-refractivity contribution in [3.63, 3.8) is 0 Å². The van der Waals surface area contributed by atoms with Crippen molar-refractivity contribution in [2.45, 2.75) is 25.6 Å². The first-order chi connectivity index (χ1) is 9.32. The molecule has 1 atom stereocenters. The van der Waals surface area contributed by atoms with Crippen LogP contribution in [0.3, 0.4) is 0 Å². The van der Waals surface area contributed by atoms with Crippen LogP contribution in [0.15, 0.2) is 18.2 Å². The second kappa shape index (κ2) is 5.38. The summed E-state index contributed by atoms with van der Waals surface area (Å²) in [6.07, 6.45) is -0.429. The molecule has 1 aromatic carbocycles. The first kappa shape index (κ1) is 14.7. The molecule has 0 saturated carbocycles. The number of carbonyl (C=O) groups excluding carboxylic acids is 1. The van der Waals surface area contributed by atoms with Gasteiger partial charge in [0.2, 0.25) is 0 Å². The Morgan fingerprint density at radius 1 is 1.60 bits per heavy atom. The van der Waals surface area contributed by atoms with Crippen molar-refractivity contribution >= 4 is 11.6 Å². The van der Waals surface area contributed by atoms with Crippen molar-refractivity contribution in [1.82, 2.24) is 4.90 Å². The Labute approximate surface area is 117 Å². The first-order valence-electron chi connectivity index (χ1n) is 6.45. The number of morpholine rings is 1. The van der Waals surface area contributed by atoms with Gasteiger partial charge in [0.25, 0.3) is 5.91 Å². The highest BCUT2D eigenvalue weighted by molar-refractivity contribution is 5.94. The Kier molecular flexibility index (Phi) is 3.96. The smallest absolute Gasteiger partial charge is 0.254 e. The van der Waals surface area contributed by atoms with Gasteiger partial charge in [-0.1, -0.05) is 0 Å². The molecule has 1 aromatic rings. The topological polar surface area (TPSA) is 75.8 Å². The lowest BCUT2D eigenvalue weighted by atomic mass is 10.0. The van der Waals surface area contributed by atoms with Crippen LogP contribution in [0.5, 0.6) is 0 Å². The van der Waals surface area contributed by atoms with E-state index < -0.39 is 17.5 Å². The summed E-state index contributed by atoms with van der Waals surface area (Å²) in [5.74, 6) is -0.902. The van der Waals surface area contributed by atoms with Gasteiger partial charge in [-0.3, -0.25) is 4.79 Å². The van der Waals surface area contributed by atoms with E-state index in [1.807, 2.05) is 13.8 Å². The van der Waals surface area contributed by atoms with Gasteiger partial charge in [-0.25, -0.2) is 4.39 Å². The average molecular weight is 282 g/mol. The highest BCUT2D eigenvalue weighted by atomic mass is 19.1. The molecule has 20 heavy (non-hydrogen) atoms. The molecule has 1 fully saturated rings. The van der Waals surface area contributed by atoms with Crippen molar-refractivity contribution in [2.24, 2.45) is 0 Å². The zero-order valence-electron chi connectivity index (χ0n) is 11.6. The molecule has 1 amide bonds. The maximum Gasteiger partial charge on any atom is 0.254 e. The van der Waals surface area contributed by atoms with Gasteiger partial charge in [0.1, 0.15) is 5.82 Å². The number of aliphatic hydroxyl groups excluding tert-OH is 1. The Morgan fingerprint density at radius 2 is 2.30 bits per heavy atom. The number of halogens is 1. The van der Waals surface area contributed by atoms with Gasteiger partial charge >= 0.3 is 0 Å². The fourth-order valence-corrected chi connectivity index (χ4v) is 2.39. The number of hydrogen-bond acceptors (Lipinski definition) is 4. The van der Waals surface area contributed by atoms with Crippen molar-refractivity contribution in [3.05, 3.63) is 29.6 Å². The van der Waals surface area contributed by atoms with Crippen LogP contribution in [0.25, 0.3) is 0 Å². The number of hydrogen-bond donors (Lipinski definition) is 2. The number of rotatable bonds is 2. The van der Waals surface area contributed by atoms with Gasteiger partial charge in [-0.05, 0) is 32.0 Å². The quantitative estimate of drug-likeness (QED) is 0.794. The van der Waals surface area contributed by atoms with Crippen molar-refractivity contribution < 1.29 is 19.0 Å². The number of nitrogens with zero attached hydrogens (tertiary/aromatic N) is 1. The highest BCUT2D eigenvalue weighted by Crippen LogP contribution is 2.23. The zero-order chi connectivity index (χ0) is 14.9.